The van der Waals surface area contributed by atoms with Crippen LogP contribution in [-0.2, 0) is 5.41 Å². The molecule has 3 heterocycles. The van der Waals surface area contributed by atoms with Crippen molar-refractivity contribution >= 4 is 33.5 Å². The largest absolute Gasteiger partial charge is 0.335 e. The molecular formula is C21H20N4O2S. The van der Waals surface area contributed by atoms with Crippen LogP contribution >= 0.6 is 11.3 Å². The van der Waals surface area contributed by atoms with Gasteiger partial charge in [0.2, 0.25) is 0 Å². The Bertz CT molecular complexity index is 1160. The van der Waals surface area contributed by atoms with Crippen LogP contribution in [0.5, 0.6) is 0 Å². The van der Waals surface area contributed by atoms with Gasteiger partial charge in [-0.15, -0.1) is 11.3 Å². The highest BCUT2D eigenvalue weighted by Gasteiger charge is 2.23. The van der Waals surface area contributed by atoms with Crippen molar-refractivity contribution < 1.29 is 9.32 Å². The van der Waals surface area contributed by atoms with Crippen molar-refractivity contribution in [2.45, 2.75) is 33.1 Å². The Kier molecular flexibility index (Phi) is 4.47. The molecular weight excluding hydrogens is 372 g/mol. The third-order valence-electron chi connectivity index (χ3n) is 4.36. The van der Waals surface area contributed by atoms with Crippen molar-refractivity contribution in [1.29, 1.82) is 0 Å². The summed E-state index contributed by atoms with van der Waals surface area (Å²) in [5.41, 5.74) is 3.83. The molecule has 0 bridgehead atoms. The SMILES string of the molecule is Cc1cc(C(=O)Nc2nc(C(C)(C)C)cs2)c2c(-c3ccccc3)noc2n1. The van der Waals surface area contributed by atoms with Crippen molar-refractivity contribution in [1.82, 2.24) is 15.1 Å². The van der Waals surface area contributed by atoms with Gasteiger partial charge in [0.05, 0.1) is 16.6 Å². The maximum atomic E-state index is 13.1. The van der Waals surface area contributed by atoms with Crippen LogP contribution in [-0.4, -0.2) is 21.0 Å². The van der Waals surface area contributed by atoms with Crippen LogP contribution in [0.3, 0.4) is 0 Å². The van der Waals surface area contributed by atoms with E-state index in [4.69, 9.17) is 4.52 Å². The first kappa shape index (κ1) is 18.3. The van der Waals surface area contributed by atoms with E-state index in [0.29, 0.717) is 33.2 Å². The molecule has 0 aliphatic carbocycles. The average Bonchev–Trinajstić information content (AvgIpc) is 3.28. The predicted octanol–water partition coefficient (Wildman–Crippen LogP) is 5.20. The summed E-state index contributed by atoms with van der Waals surface area (Å²) in [4.78, 5) is 22.0. The molecule has 1 amide bonds. The number of aromatic nitrogens is 3. The van der Waals surface area contributed by atoms with E-state index in [9.17, 15) is 4.79 Å². The van der Waals surface area contributed by atoms with Gasteiger partial charge in [-0.2, -0.15) is 0 Å². The van der Waals surface area contributed by atoms with Crippen molar-refractivity contribution in [3.8, 4) is 11.3 Å². The molecule has 4 aromatic rings. The molecule has 4 rings (SSSR count). The van der Waals surface area contributed by atoms with E-state index in [1.807, 2.05) is 42.6 Å². The van der Waals surface area contributed by atoms with E-state index >= 15 is 0 Å². The van der Waals surface area contributed by atoms with Crippen LogP contribution in [0, 0.1) is 6.92 Å². The van der Waals surface area contributed by atoms with Crippen LogP contribution in [0.15, 0.2) is 46.3 Å². The molecule has 0 unspecified atom stereocenters. The van der Waals surface area contributed by atoms with Crippen molar-refractivity contribution in [3.63, 3.8) is 0 Å². The lowest BCUT2D eigenvalue weighted by molar-refractivity contribution is 0.102. The maximum Gasteiger partial charge on any atom is 0.259 e. The number of nitrogens with zero attached hydrogens (tertiary/aromatic N) is 3. The molecule has 142 valence electrons. The fourth-order valence-corrected chi connectivity index (χ4v) is 3.82. The first-order valence-electron chi connectivity index (χ1n) is 8.93. The average molecular weight is 392 g/mol. The highest BCUT2D eigenvalue weighted by molar-refractivity contribution is 7.14. The predicted molar refractivity (Wildman–Crippen MR) is 111 cm³/mol. The molecule has 0 saturated carbocycles. The minimum atomic E-state index is -0.259. The molecule has 28 heavy (non-hydrogen) atoms. The molecule has 6 nitrogen and oxygen atoms in total. The molecule has 0 aliphatic rings. The summed E-state index contributed by atoms with van der Waals surface area (Å²) < 4.78 is 5.42. The molecule has 0 fully saturated rings. The smallest absolute Gasteiger partial charge is 0.259 e. The molecule has 0 radical (unpaired) electrons. The summed E-state index contributed by atoms with van der Waals surface area (Å²) in [6.45, 7) is 8.09. The second kappa shape index (κ2) is 6.83. The highest BCUT2D eigenvalue weighted by Crippen LogP contribution is 2.31. The monoisotopic (exact) mass is 392 g/mol. The normalized spacial score (nSPS) is 11.7. The van der Waals surface area contributed by atoms with Crippen LogP contribution in [0.1, 0.15) is 42.5 Å². The molecule has 7 heteroatoms. The van der Waals surface area contributed by atoms with Crippen molar-refractivity contribution in [2.75, 3.05) is 5.32 Å². The minimum absolute atomic E-state index is 0.0744. The Morgan fingerprint density at radius 2 is 1.89 bits per heavy atom. The number of hydrogen-bond donors (Lipinski definition) is 1. The maximum absolute atomic E-state index is 13.1. The van der Waals surface area contributed by atoms with Crippen molar-refractivity contribution in [3.05, 3.63) is 58.7 Å². The second-order valence-electron chi connectivity index (χ2n) is 7.63. The van der Waals surface area contributed by atoms with Gasteiger partial charge in [-0.25, -0.2) is 9.97 Å². The number of pyridine rings is 1. The lowest BCUT2D eigenvalue weighted by atomic mass is 9.93. The zero-order valence-electron chi connectivity index (χ0n) is 16.1. The molecule has 0 spiro atoms. The van der Waals surface area contributed by atoms with Crippen LogP contribution in [0.4, 0.5) is 5.13 Å². The number of fused-ring (bicyclic) bond motifs is 1. The first-order valence-corrected chi connectivity index (χ1v) is 9.81. The summed E-state index contributed by atoms with van der Waals surface area (Å²) in [6, 6.07) is 11.4. The number of carbonyl (C=O) groups excluding carboxylic acids is 1. The number of aryl methyl sites for hydroxylation is 1. The van der Waals surface area contributed by atoms with E-state index < -0.39 is 0 Å². The summed E-state index contributed by atoms with van der Waals surface area (Å²) in [5.74, 6) is -0.259. The molecule has 0 saturated heterocycles. The van der Waals surface area contributed by atoms with Gasteiger partial charge in [0.25, 0.3) is 11.6 Å². The summed E-state index contributed by atoms with van der Waals surface area (Å²) in [5, 5.41) is 10.2. The lowest BCUT2D eigenvalue weighted by Crippen LogP contribution is -2.15. The van der Waals surface area contributed by atoms with E-state index in [-0.39, 0.29) is 11.3 Å². The number of carbonyl (C=O) groups is 1. The summed E-state index contributed by atoms with van der Waals surface area (Å²) >= 11 is 1.41. The van der Waals surface area contributed by atoms with E-state index in [1.165, 1.54) is 11.3 Å². The molecule has 0 aliphatic heterocycles. The third kappa shape index (κ3) is 3.41. The van der Waals surface area contributed by atoms with Gasteiger partial charge in [-0.3, -0.25) is 10.1 Å². The van der Waals surface area contributed by atoms with Crippen LogP contribution in [0.2, 0.25) is 0 Å². The van der Waals surface area contributed by atoms with Gasteiger partial charge in [0, 0.05) is 22.1 Å². The molecule has 1 N–H and O–H groups in total. The van der Waals surface area contributed by atoms with Gasteiger partial charge in [0.1, 0.15) is 5.69 Å². The zero-order chi connectivity index (χ0) is 19.9. The van der Waals surface area contributed by atoms with E-state index in [2.05, 4.69) is 41.2 Å². The quantitative estimate of drug-likeness (QED) is 0.518. The molecule has 1 aromatic carbocycles. The van der Waals surface area contributed by atoms with E-state index in [0.717, 1.165) is 11.3 Å². The number of rotatable bonds is 3. The van der Waals surface area contributed by atoms with Crippen LogP contribution in [0.25, 0.3) is 22.4 Å². The second-order valence-corrected chi connectivity index (χ2v) is 8.49. The Labute approximate surface area is 166 Å². The van der Waals surface area contributed by atoms with Gasteiger partial charge < -0.3 is 4.52 Å². The van der Waals surface area contributed by atoms with E-state index in [1.54, 1.807) is 6.07 Å². The van der Waals surface area contributed by atoms with Gasteiger partial charge in [0.15, 0.2) is 5.13 Å². The Morgan fingerprint density at radius 3 is 2.57 bits per heavy atom. The third-order valence-corrected chi connectivity index (χ3v) is 5.12. The Hall–Kier alpha value is -3.06. The number of thiazole rings is 1. The van der Waals surface area contributed by atoms with Gasteiger partial charge >= 0.3 is 0 Å². The standard InChI is InChI=1S/C21H20N4O2S/c1-12-10-14(18(26)24-20-23-15(11-28-20)21(2,3)4)16-17(25-27-19(16)22-12)13-8-6-5-7-9-13/h5-11H,1-4H3,(H,23,24,26). The topological polar surface area (TPSA) is 80.9 Å². The first-order chi connectivity index (χ1) is 13.3. The molecule has 3 aromatic heterocycles. The highest BCUT2D eigenvalue weighted by atomic mass is 32.1. The minimum Gasteiger partial charge on any atom is -0.335 e. The zero-order valence-corrected chi connectivity index (χ0v) is 16.9. The fourth-order valence-electron chi connectivity index (χ4n) is 2.89. The number of nitrogens with one attached hydrogen (secondary N) is 1. The number of amides is 1. The van der Waals surface area contributed by atoms with Crippen molar-refractivity contribution in [2.24, 2.45) is 0 Å². The lowest BCUT2D eigenvalue weighted by Gasteiger charge is -2.14. The molecule has 0 atom stereocenters. The van der Waals surface area contributed by atoms with Gasteiger partial charge in [-0.05, 0) is 13.0 Å². The summed E-state index contributed by atoms with van der Waals surface area (Å²) in [7, 11) is 0. The van der Waals surface area contributed by atoms with Gasteiger partial charge in [-0.1, -0.05) is 56.3 Å². The number of hydrogen-bond acceptors (Lipinski definition) is 6. The number of benzene rings is 1. The summed E-state index contributed by atoms with van der Waals surface area (Å²) in [6.07, 6.45) is 0. The Balaban J connectivity index is 1.76. The Morgan fingerprint density at radius 1 is 1.14 bits per heavy atom. The number of anilines is 1. The van der Waals surface area contributed by atoms with Crippen LogP contribution < -0.4 is 5.32 Å². The fraction of sp³-hybridized carbons (Fsp3) is 0.238.